The number of nitrogens with one attached hydrogen (secondary N) is 1. The third kappa shape index (κ3) is 6.02. The number of aromatic nitrogens is 3. The van der Waals surface area contributed by atoms with Gasteiger partial charge < -0.3 is 10.1 Å². The number of anilines is 1. The molecular weight excluding hydrogens is 432 g/mol. The number of carbonyl (C=O) groups excluding carboxylic acids is 1. The van der Waals surface area contributed by atoms with E-state index in [0.717, 1.165) is 42.9 Å². The number of para-hydroxylation sites is 1. The SMILES string of the molecule is O=C(CSc1nnc(CNc2cccc(Cl)c2)n1-c1ccccc1)OC1CCCCC1. The Labute approximate surface area is 191 Å². The van der Waals surface area contributed by atoms with Crippen molar-refractivity contribution >= 4 is 35.0 Å². The van der Waals surface area contributed by atoms with Crippen molar-refractivity contribution in [1.29, 1.82) is 0 Å². The van der Waals surface area contributed by atoms with E-state index in [0.29, 0.717) is 16.7 Å². The minimum absolute atomic E-state index is 0.0614. The van der Waals surface area contributed by atoms with Crippen molar-refractivity contribution in [2.45, 2.75) is 49.9 Å². The molecule has 1 fully saturated rings. The van der Waals surface area contributed by atoms with Gasteiger partial charge in [0, 0.05) is 16.4 Å². The summed E-state index contributed by atoms with van der Waals surface area (Å²) in [5, 5.41) is 13.4. The summed E-state index contributed by atoms with van der Waals surface area (Å²) >= 11 is 7.43. The van der Waals surface area contributed by atoms with E-state index in [4.69, 9.17) is 16.3 Å². The fraction of sp³-hybridized carbons (Fsp3) is 0.348. The average molecular weight is 457 g/mol. The highest BCUT2D eigenvalue weighted by molar-refractivity contribution is 7.99. The monoisotopic (exact) mass is 456 g/mol. The van der Waals surface area contributed by atoms with Gasteiger partial charge in [-0.1, -0.05) is 54.0 Å². The predicted molar refractivity (Wildman–Crippen MR) is 124 cm³/mol. The molecule has 0 unspecified atom stereocenters. The third-order valence-electron chi connectivity index (χ3n) is 5.16. The Kier molecular flexibility index (Phi) is 7.48. The maximum atomic E-state index is 12.4. The van der Waals surface area contributed by atoms with Gasteiger partial charge in [-0.2, -0.15) is 0 Å². The van der Waals surface area contributed by atoms with E-state index < -0.39 is 0 Å². The van der Waals surface area contributed by atoms with E-state index in [1.54, 1.807) is 0 Å². The fourth-order valence-electron chi connectivity index (χ4n) is 3.65. The van der Waals surface area contributed by atoms with Gasteiger partial charge in [-0.3, -0.25) is 9.36 Å². The number of hydrogen-bond acceptors (Lipinski definition) is 6. The van der Waals surface area contributed by atoms with Crippen LogP contribution in [0.2, 0.25) is 5.02 Å². The number of rotatable bonds is 8. The zero-order valence-electron chi connectivity index (χ0n) is 17.2. The fourth-order valence-corrected chi connectivity index (χ4v) is 4.59. The molecule has 8 heteroatoms. The molecule has 1 saturated carbocycles. The maximum absolute atomic E-state index is 12.4. The maximum Gasteiger partial charge on any atom is 0.316 e. The van der Waals surface area contributed by atoms with Crippen LogP contribution >= 0.6 is 23.4 Å². The van der Waals surface area contributed by atoms with E-state index in [9.17, 15) is 4.79 Å². The second-order valence-electron chi connectivity index (χ2n) is 7.47. The van der Waals surface area contributed by atoms with E-state index in [1.165, 1.54) is 18.2 Å². The topological polar surface area (TPSA) is 69.0 Å². The van der Waals surface area contributed by atoms with Gasteiger partial charge in [0.05, 0.1) is 12.3 Å². The first-order valence-corrected chi connectivity index (χ1v) is 11.9. The van der Waals surface area contributed by atoms with Crippen molar-refractivity contribution in [3.05, 3.63) is 65.4 Å². The van der Waals surface area contributed by atoms with Crippen LogP contribution in [0.3, 0.4) is 0 Å². The summed E-state index contributed by atoms with van der Waals surface area (Å²) in [6, 6.07) is 17.4. The minimum atomic E-state index is -0.196. The Bertz CT molecular complexity index is 1010. The summed E-state index contributed by atoms with van der Waals surface area (Å²) in [6.45, 7) is 0.468. The highest BCUT2D eigenvalue weighted by atomic mass is 35.5. The molecule has 0 amide bonds. The summed E-state index contributed by atoms with van der Waals surface area (Å²) in [6.07, 6.45) is 5.50. The molecule has 6 nitrogen and oxygen atoms in total. The van der Waals surface area contributed by atoms with Gasteiger partial charge in [0.1, 0.15) is 6.10 Å². The van der Waals surface area contributed by atoms with Crippen LogP contribution in [0, 0.1) is 0 Å². The second-order valence-corrected chi connectivity index (χ2v) is 8.85. The molecule has 0 aliphatic heterocycles. The van der Waals surface area contributed by atoms with Gasteiger partial charge in [0.15, 0.2) is 11.0 Å². The largest absolute Gasteiger partial charge is 0.462 e. The molecule has 1 aliphatic rings. The van der Waals surface area contributed by atoms with Crippen molar-refractivity contribution in [2.24, 2.45) is 0 Å². The summed E-state index contributed by atoms with van der Waals surface area (Å²) in [5.41, 5.74) is 1.85. The first-order chi connectivity index (χ1) is 15.2. The molecule has 162 valence electrons. The van der Waals surface area contributed by atoms with Gasteiger partial charge >= 0.3 is 5.97 Å². The van der Waals surface area contributed by atoms with Crippen LogP contribution in [0.15, 0.2) is 59.8 Å². The van der Waals surface area contributed by atoms with Gasteiger partial charge in [-0.05, 0) is 56.0 Å². The number of nitrogens with zero attached hydrogens (tertiary/aromatic N) is 3. The molecule has 1 aliphatic carbocycles. The number of hydrogen-bond donors (Lipinski definition) is 1. The molecule has 0 saturated heterocycles. The third-order valence-corrected chi connectivity index (χ3v) is 6.30. The number of halogens is 1. The number of benzene rings is 2. The van der Waals surface area contributed by atoms with Crippen LogP contribution in [-0.2, 0) is 16.1 Å². The van der Waals surface area contributed by atoms with E-state index in [1.807, 2.05) is 59.2 Å². The van der Waals surface area contributed by atoms with E-state index >= 15 is 0 Å². The van der Waals surface area contributed by atoms with Crippen LogP contribution in [0.5, 0.6) is 0 Å². The molecule has 0 atom stereocenters. The summed E-state index contributed by atoms with van der Waals surface area (Å²) < 4.78 is 7.61. The highest BCUT2D eigenvalue weighted by Gasteiger charge is 2.20. The summed E-state index contributed by atoms with van der Waals surface area (Å²) in [7, 11) is 0. The Morgan fingerprint density at radius 3 is 2.68 bits per heavy atom. The molecular formula is C23H25ClN4O2S. The lowest BCUT2D eigenvalue weighted by atomic mass is 9.98. The molecule has 0 bridgehead atoms. The number of ether oxygens (including phenoxy) is 1. The normalized spacial score (nSPS) is 14.4. The van der Waals surface area contributed by atoms with Crippen molar-refractivity contribution in [3.63, 3.8) is 0 Å². The lowest BCUT2D eigenvalue weighted by Crippen LogP contribution is -2.22. The molecule has 2 aromatic carbocycles. The molecule has 31 heavy (non-hydrogen) atoms. The van der Waals surface area contributed by atoms with Crippen LogP contribution < -0.4 is 5.32 Å². The number of carbonyl (C=O) groups is 1. The zero-order valence-corrected chi connectivity index (χ0v) is 18.7. The molecule has 0 radical (unpaired) electrons. The summed E-state index contributed by atoms with van der Waals surface area (Å²) in [4.78, 5) is 12.4. The number of thioether (sulfide) groups is 1. The average Bonchev–Trinajstić information content (AvgIpc) is 3.20. The van der Waals surface area contributed by atoms with Crippen molar-refractivity contribution in [3.8, 4) is 5.69 Å². The van der Waals surface area contributed by atoms with Gasteiger partial charge in [0.2, 0.25) is 0 Å². The smallest absolute Gasteiger partial charge is 0.316 e. The van der Waals surface area contributed by atoms with Crippen molar-refractivity contribution < 1.29 is 9.53 Å². The Morgan fingerprint density at radius 1 is 1.10 bits per heavy atom. The summed E-state index contributed by atoms with van der Waals surface area (Å²) in [5.74, 6) is 0.760. The minimum Gasteiger partial charge on any atom is -0.462 e. The Hall–Kier alpha value is -2.51. The first kappa shape index (κ1) is 21.7. The van der Waals surface area contributed by atoms with Gasteiger partial charge in [0.25, 0.3) is 0 Å². The molecule has 1 heterocycles. The van der Waals surface area contributed by atoms with Crippen LogP contribution in [0.4, 0.5) is 5.69 Å². The van der Waals surface area contributed by atoms with Gasteiger partial charge in [-0.15, -0.1) is 10.2 Å². The van der Waals surface area contributed by atoms with Crippen LogP contribution in [-0.4, -0.2) is 32.6 Å². The highest BCUT2D eigenvalue weighted by Crippen LogP contribution is 2.25. The quantitative estimate of drug-likeness (QED) is 0.356. The van der Waals surface area contributed by atoms with Crippen LogP contribution in [0.1, 0.15) is 37.9 Å². The molecule has 1 N–H and O–H groups in total. The molecule has 1 aromatic heterocycles. The lowest BCUT2D eigenvalue weighted by molar-refractivity contribution is -0.147. The van der Waals surface area contributed by atoms with E-state index in [2.05, 4.69) is 15.5 Å². The van der Waals surface area contributed by atoms with Crippen LogP contribution in [0.25, 0.3) is 5.69 Å². The van der Waals surface area contributed by atoms with E-state index in [-0.39, 0.29) is 17.8 Å². The predicted octanol–water partition coefficient (Wildman–Crippen LogP) is 5.50. The van der Waals surface area contributed by atoms with Crippen molar-refractivity contribution in [1.82, 2.24) is 14.8 Å². The Balaban J connectivity index is 1.46. The first-order valence-electron chi connectivity index (χ1n) is 10.5. The standard InChI is InChI=1S/C23H25ClN4O2S/c24-17-8-7-9-18(14-17)25-15-21-26-27-23(28(21)19-10-3-1-4-11-19)31-16-22(29)30-20-12-5-2-6-13-20/h1,3-4,7-11,14,20,25H,2,5-6,12-13,15-16H2. The second kappa shape index (κ2) is 10.7. The van der Waals surface area contributed by atoms with Gasteiger partial charge in [-0.25, -0.2) is 0 Å². The molecule has 3 aromatic rings. The molecule has 0 spiro atoms. The Morgan fingerprint density at radius 2 is 1.90 bits per heavy atom. The molecule has 4 rings (SSSR count). The number of esters is 1. The van der Waals surface area contributed by atoms with Crippen molar-refractivity contribution in [2.75, 3.05) is 11.1 Å². The lowest BCUT2D eigenvalue weighted by Gasteiger charge is -2.21. The zero-order chi connectivity index (χ0) is 21.5.